The first kappa shape index (κ1) is 9.52. The van der Waals surface area contributed by atoms with Crippen molar-refractivity contribution in [2.24, 2.45) is 0 Å². The van der Waals surface area contributed by atoms with Crippen molar-refractivity contribution < 1.29 is 9.53 Å². The van der Waals surface area contributed by atoms with E-state index in [2.05, 4.69) is 11.7 Å². The Kier molecular flexibility index (Phi) is 4.08. The first-order valence-corrected chi connectivity index (χ1v) is 4.43. The second-order valence-corrected chi connectivity index (χ2v) is 3.14. The molecular weight excluding hydrogens is 154 g/mol. The van der Waals surface area contributed by atoms with Crippen molar-refractivity contribution in [2.75, 3.05) is 13.7 Å². The average Bonchev–Trinajstić information content (AvgIpc) is 2.06. The minimum atomic E-state index is 0.00407. The molecule has 1 aliphatic rings. The zero-order chi connectivity index (χ0) is 8.81. The van der Waals surface area contributed by atoms with E-state index in [-0.39, 0.29) is 12.5 Å². The van der Waals surface area contributed by atoms with Gasteiger partial charge in [-0.15, -0.1) is 0 Å². The molecule has 1 saturated carbocycles. The maximum atomic E-state index is 11.1. The molecule has 0 heterocycles. The number of carbonyl (C=O) groups excluding carboxylic acids is 1. The molecule has 69 valence electrons. The Labute approximate surface area is 73.5 Å². The maximum Gasteiger partial charge on any atom is 0.246 e. The first-order chi connectivity index (χ1) is 5.83. The molecule has 1 N–H and O–H groups in total. The SMILES string of the molecule is COCC(=O)NC1CC[CH]CC1. The number of methoxy groups -OCH3 is 1. The largest absolute Gasteiger partial charge is 0.375 e. The summed E-state index contributed by atoms with van der Waals surface area (Å²) in [6.45, 7) is 0.181. The molecule has 0 unspecified atom stereocenters. The first-order valence-electron chi connectivity index (χ1n) is 4.43. The highest BCUT2D eigenvalue weighted by molar-refractivity contribution is 5.77. The highest BCUT2D eigenvalue weighted by atomic mass is 16.5. The third-order valence-corrected chi connectivity index (χ3v) is 2.08. The number of nitrogens with one attached hydrogen (secondary N) is 1. The van der Waals surface area contributed by atoms with Gasteiger partial charge in [-0.25, -0.2) is 0 Å². The van der Waals surface area contributed by atoms with E-state index >= 15 is 0 Å². The molecule has 1 aliphatic carbocycles. The Bertz CT molecular complexity index is 141. The zero-order valence-corrected chi connectivity index (χ0v) is 7.51. The molecule has 1 fully saturated rings. The second kappa shape index (κ2) is 5.14. The number of ether oxygens (including phenoxy) is 1. The Morgan fingerprint density at radius 1 is 1.58 bits per heavy atom. The van der Waals surface area contributed by atoms with Crippen LogP contribution in [0.4, 0.5) is 0 Å². The van der Waals surface area contributed by atoms with Crippen LogP contribution in [0.2, 0.25) is 0 Å². The van der Waals surface area contributed by atoms with Crippen molar-refractivity contribution in [1.82, 2.24) is 5.32 Å². The van der Waals surface area contributed by atoms with E-state index in [9.17, 15) is 4.79 Å². The Hall–Kier alpha value is -0.570. The van der Waals surface area contributed by atoms with E-state index in [1.807, 2.05) is 0 Å². The summed E-state index contributed by atoms with van der Waals surface area (Å²) in [5.74, 6) is 0.00407. The lowest BCUT2D eigenvalue weighted by molar-refractivity contribution is -0.125. The molecule has 1 rings (SSSR count). The van der Waals surface area contributed by atoms with Crippen molar-refractivity contribution in [3.05, 3.63) is 6.42 Å². The lowest BCUT2D eigenvalue weighted by Crippen LogP contribution is -2.38. The van der Waals surface area contributed by atoms with Gasteiger partial charge in [-0.1, -0.05) is 0 Å². The van der Waals surface area contributed by atoms with Crippen LogP contribution in [0.5, 0.6) is 0 Å². The Morgan fingerprint density at radius 3 is 2.83 bits per heavy atom. The average molecular weight is 170 g/mol. The van der Waals surface area contributed by atoms with Gasteiger partial charge in [0, 0.05) is 13.2 Å². The quantitative estimate of drug-likeness (QED) is 0.683. The van der Waals surface area contributed by atoms with Gasteiger partial charge in [0.1, 0.15) is 6.61 Å². The van der Waals surface area contributed by atoms with Crippen LogP contribution in [0.3, 0.4) is 0 Å². The summed E-state index contributed by atoms with van der Waals surface area (Å²) >= 11 is 0. The molecule has 1 radical (unpaired) electrons. The molecule has 1 amide bonds. The molecule has 0 spiro atoms. The monoisotopic (exact) mass is 170 g/mol. The smallest absolute Gasteiger partial charge is 0.246 e. The third-order valence-electron chi connectivity index (χ3n) is 2.08. The fourth-order valence-electron chi connectivity index (χ4n) is 1.47. The highest BCUT2D eigenvalue weighted by Gasteiger charge is 2.14. The summed E-state index contributed by atoms with van der Waals surface area (Å²) in [5, 5.41) is 2.94. The van der Waals surface area contributed by atoms with Gasteiger partial charge in [0.2, 0.25) is 5.91 Å². The van der Waals surface area contributed by atoms with E-state index in [1.54, 1.807) is 0 Å². The zero-order valence-electron chi connectivity index (χ0n) is 7.51. The molecule has 0 aliphatic heterocycles. The van der Waals surface area contributed by atoms with Crippen LogP contribution in [-0.2, 0) is 9.53 Å². The van der Waals surface area contributed by atoms with E-state index in [4.69, 9.17) is 4.74 Å². The van der Waals surface area contributed by atoms with Gasteiger partial charge in [0.05, 0.1) is 0 Å². The van der Waals surface area contributed by atoms with Crippen molar-refractivity contribution >= 4 is 5.91 Å². The van der Waals surface area contributed by atoms with Crippen molar-refractivity contribution in [3.8, 4) is 0 Å². The van der Waals surface area contributed by atoms with Gasteiger partial charge in [-0.05, 0) is 32.1 Å². The summed E-state index contributed by atoms with van der Waals surface area (Å²) in [5.41, 5.74) is 0. The van der Waals surface area contributed by atoms with E-state index in [0.717, 1.165) is 25.7 Å². The van der Waals surface area contributed by atoms with E-state index < -0.39 is 0 Å². The molecule has 0 aromatic rings. The molecule has 3 heteroatoms. The topological polar surface area (TPSA) is 38.3 Å². The van der Waals surface area contributed by atoms with Gasteiger partial charge in [0.15, 0.2) is 0 Å². The number of hydrogen-bond acceptors (Lipinski definition) is 2. The fourth-order valence-corrected chi connectivity index (χ4v) is 1.47. The number of carbonyl (C=O) groups is 1. The summed E-state index contributed by atoms with van der Waals surface area (Å²) in [6, 6.07) is 0.373. The lowest BCUT2D eigenvalue weighted by atomic mass is 9.95. The second-order valence-electron chi connectivity index (χ2n) is 3.14. The minimum absolute atomic E-state index is 0.00407. The van der Waals surface area contributed by atoms with Crippen LogP contribution in [0.15, 0.2) is 0 Å². The Morgan fingerprint density at radius 2 is 2.25 bits per heavy atom. The Balaban J connectivity index is 2.15. The molecule has 3 nitrogen and oxygen atoms in total. The summed E-state index contributed by atoms with van der Waals surface area (Å²) < 4.78 is 4.73. The predicted molar refractivity (Wildman–Crippen MR) is 46.6 cm³/mol. The predicted octanol–water partition coefficient (Wildman–Crippen LogP) is 0.896. The van der Waals surface area contributed by atoms with Crippen molar-refractivity contribution in [3.63, 3.8) is 0 Å². The van der Waals surface area contributed by atoms with Crippen LogP contribution < -0.4 is 5.32 Å². The lowest BCUT2D eigenvalue weighted by Gasteiger charge is -2.22. The number of rotatable bonds is 3. The highest BCUT2D eigenvalue weighted by Crippen LogP contribution is 2.16. The minimum Gasteiger partial charge on any atom is -0.375 e. The van der Waals surface area contributed by atoms with Crippen molar-refractivity contribution in [1.29, 1.82) is 0 Å². The van der Waals surface area contributed by atoms with Gasteiger partial charge in [0.25, 0.3) is 0 Å². The van der Waals surface area contributed by atoms with Crippen LogP contribution >= 0.6 is 0 Å². The number of hydrogen-bond donors (Lipinski definition) is 1. The summed E-state index contributed by atoms with van der Waals surface area (Å²) in [7, 11) is 1.54. The van der Waals surface area contributed by atoms with Crippen molar-refractivity contribution in [2.45, 2.75) is 31.7 Å². The van der Waals surface area contributed by atoms with Crippen LogP contribution in [0, 0.1) is 6.42 Å². The van der Waals surface area contributed by atoms with Crippen LogP contribution in [0.1, 0.15) is 25.7 Å². The summed E-state index contributed by atoms with van der Waals surface area (Å²) in [4.78, 5) is 11.1. The van der Waals surface area contributed by atoms with E-state index in [0.29, 0.717) is 6.04 Å². The number of amides is 1. The van der Waals surface area contributed by atoms with Gasteiger partial charge in [-0.3, -0.25) is 4.79 Å². The molecule has 0 bridgehead atoms. The fraction of sp³-hybridized carbons (Fsp3) is 0.778. The normalized spacial score (nSPS) is 19.1. The van der Waals surface area contributed by atoms with Gasteiger partial charge < -0.3 is 10.1 Å². The third kappa shape index (κ3) is 3.22. The molecule has 0 saturated heterocycles. The van der Waals surface area contributed by atoms with Crippen LogP contribution in [-0.4, -0.2) is 25.7 Å². The van der Waals surface area contributed by atoms with Crippen LogP contribution in [0.25, 0.3) is 0 Å². The molecule has 0 aromatic carbocycles. The summed E-state index contributed by atoms with van der Waals surface area (Å²) in [6.07, 6.45) is 6.68. The molecule has 12 heavy (non-hydrogen) atoms. The standard InChI is InChI=1S/C9H16NO2/c1-12-7-9(11)10-8-5-3-2-4-6-8/h2,8H,3-7H2,1H3,(H,10,11). The molecule has 0 atom stereocenters. The molecule has 0 aromatic heterocycles. The maximum absolute atomic E-state index is 11.1. The van der Waals surface area contributed by atoms with Gasteiger partial charge in [-0.2, -0.15) is 0 Å². The molecular formula is C9H16NO2. The van der Waals surface area contributed by atoms with Gasteiger partial charge >= 0.3 is 0 Å². The van der Waals surface area contributed by atoms with E-state index in [1.165, 1.54) is 7.11 Å².